The third-order valence-electron chi connectivity index (χ3n) is 5.40. The molecule has 10 heteroatoms. The van der Waals surface area contributed by atoms with Gasteiger partial charge < -0.3 is 4.74 Å². The summed E-state index contributed by atoms with van der Waals surface area (Å²) < 4.78 is 34.9. The maximum Gasteiger partial charge on any atom is 0.243 e. The Morgan fingerprint density at radius 2 is 1.58 bits per heavy atom. The van der Waals surface area contributed by atoms with Crippen molar-refractivity contribution in [2.75, 3.05) is 0 Å². The van der Waals surface area contributed by atoms with Crippen LogP contribution in [0.25, 0.3) is 11.4 Å². The number of tetrazole rings is 1. The van der Waals surface area contributed by atoms with Crippen LogP contribution in [0.1, 0.15) is 11.3 Å². The predicted molar refractivity (Wildman–Crippen MR) is 133 cm³/mol. The van der Waals surface area contributed by atoms with Crippen LogP contribution in [0.15, 0.2) is 108 Å². The fourth-order valence-electron chi connectivity index (χ4n) is 3.62. The Hall–Kier alpha value is -4.41. The van der Waals surface area contributed by atoms with E-state index in [-0.39, 0.29) is 18.0 Å². The van der Waals surface area contributed by atoms with Crippen molar-refractivity contribution in [3.05, 3.63) is 115 Å². The number of para-hydroxylation sites is 1. The largest absolute Gasteiger partial charge is 0.457 e. The van der Waals surface area contributed by atoms with Crippen LogP contribution in [0.5, 0.6) is 11.5 Å². The summed E-state index contributed by atoms with van der Waals surface area (Å²) in [5.41, 5.74) is 2.22. The first kappa shape index (κ1) is 23.3. The highest BCUT2D eigenvalue weighted by Gasteiger charge is 2.26. The summed E-state index contributed by atoms with van der Waals surface area (Å²) in [4.78, 5) is 4.47. The Morgan fingerprint density at radius 3 is 2.31 bits per heavy atom. The molecule has 0 aliphatic carbocycles. The highest BCUT2D eigenvalue weighted by Crippen LogP contribution is 2.27. The summed E-state index contributed by atoms with van der Waals surface area (Å²) in [6.07, 6.45) is 1.65. The maximum atomic E-state index is 13.8. The van der Waals surface area contributed by atoms with Crippen molar-refractivity contribution in [1.29, 1.82) is 0 Å². The Kier molecular flexibility index (Phi) is 6.78. The molecule has 5 rings (SSSR count). The molecule has 0 saturated heterocycles. The quantitative estimate of drug-likeness (QED) is 0.319. The Morgan fingerprint density at radius 1 is 0.806 bits per heavy atom. The van der Waals surface area contributed by atoms with Gasteiger partial charge in [-0.3, -0.25) is 4.98 Å². The van der Waals surface area contributed by atoms with E-state index in [4.69, 9.17) is 4.74 Å². The second kappa shape index (κ2) is 10.5. The van der Waals surface area contributed by atoms with Crippen LogP contribution in [0, 0.1) is 0 Å². The van der Waals surface area contributed by atoms with Crippen molar-refractivity contribution >= 4 is 10.0 Å². The Bertz CT molecular complexity index is 1510. The number of hydrogen-bond donors (Lipinski definition) is 1. The number of aromatic nitrogens is 5. The Labute approximate surface area is 208 Å². The van der Waals surface area contributed by atoms with Crippen molar-refractivity contribution in [1.82, 2.24) is 29.9 Å². The summed E-state index contributed by atoms with van der Waals surface area (Å²) in [5.74, 6) is 1.53. The minimum atomic E-state index is -3.89. The van der Waals surface area contributed by atoms with Crippen molar-refractivity contribution in [3.63, 3.8) is 0 Å². The third-order valence-corrected chi connectivity index (χ3v) is 7.19. The van der Waals surface area contributed by atoms with E-state index in [1.807, 2.05) is 60.7 Å². The average Bonchev–Trinajstić information content (AvgIpc) is 3.45. The molecule has 0 aliphatic rings. The summed E-state index contributed by atoms with van der Waals surface area (Å²) in [7, 11) is -3.89. The van der Waals surface area contributed by atoms with E-state index in [2.05, 4.69) is 25.6 Å². The van der Waals surface area contributed by atoms with Crippen LogP contribution in [-0.2, 0) is 23.1 Å². The molecule has 1 N–H and O–H groups in total. The highest BCUT2D eigenvalue weighted by molar-refractivity contribution is 7.89. The number of benzene rings is 3. The summed E-state index contributed by atoms with van der Waals surface area (Å²) in [6, 6.07) is 28.5. The molecule has 2 heterocycles. The van der Waals surface area contributed by atoms with E-state index in [1.165, 1.54) is 10.4 Å². The topological polar surface area (TPSA) is 114 Å². The van der Waals surface area contributed by atoms with Crippen molar-refractivity contribution in [3.8, 4) is 22.9 Å². The Balaban J connectivity index is 1.44. The van der Waals surface area contributed by atoms with E-state index in [1.54, 1.807) is 36.5 Å². The van der Waals surface area contributed by atoms with Crippen molar-refractivity contribution < 1.29 is 13.2 Å². The van der Waals surface area contributed by atoms with Gasteiger partial charge in [-0.2, -0.15) is 9.52 Å². The van der Waals surface area contributed by atoms with Gasteiger partial charge in [0.1, 0.15) is 11.5 Å². The summed E-state index contributed by atoms with van der Waals surface area (Å²) in [5, 5.41) is 14.0. The number of aromatic amines is 1. The monoisotopic (exact) mass is 498 g/mol. The number of sulfonamides is 1. The number of hydrogen-bond acceptors (Lipinski definition) is 7. The van der Waals surface area contributed by atoms with Crippen LogP contribution in [0.4, 0.5) is 0 Å². The number of nitrogens with zero attached hydrogens (tertiary/aromatic N) is 5. The van der Waals surface area contributed by atoms with E-state index >= 15 is 0 Å². The lowest BCUT2D eigenvalue weighted by atomic mass is 10.1. The van der Waals surface area contributed by atoms with Gasteiger partial charge in [0, 0.05) is 24.4 Å². The van der Waals surface area contributed by atoms with Crippen molar-refractivity contribution in [2.45, 2.75) is 18.0 Å². The molecule has 0 aliphatic heterocycles. The zero-order valence-corrected chi connectivity index (χ0v) is 19.9. The minimum absolute atomic E-state index is 0.111. The molecule has 36 heavy (non-hydrogen) atoms. The molecule has 9 nitrogen and oxygen atoms in total. The molecule has 0 bridgehead atoms. The van der Waals surface area contributed by atoms with Gasteiger partial charge in [0.05, 0.1) is 17.1 Å². The van der Waals surface area contributed by atoms with Crippen LogP contribution in [-0.4, -0.2) is 38.3 Å². The molecule has 0 saturated carbocycles. The number of rotatable bonds is 9. The first-order valence-corrected chi connectivity index (χ1v) is 12.6. The molecule has 0 amide bonds. The van der Waals surface area contributed by atoms with E-state index in [9.17, 15) is 8.42 Å². The van der Waals surface area contributed by atoms with Gasteiger partial charge in [0.15, 0.2) is 0 Å². The molecule has 0 fully saturated rings. The standard InChI is InChI=1S/C26H22N6O3S/c33-36(34,25-11-6-10-24(17-25)35-23-8-2-1-3-9-23)32(19-22-7-4-5-16-27-22)18-20-12-14-21(15-13-20)26-28-30-31-29-26/h1-17H,18-19H2,(H,28,29,30,31). The lowest BCUT2D eigenvalue weighted by Gasteiger charge is -2.22. The number of H-pyrrole nitrogens is 1. The van der Waals surface area contributed by atoms with Crippen molar-refractivity contribution in [2.24, 2.45) is 0 Å². The molecular weight excluding hydrogens is 476 g/mol. The molecule has 0 atom stereocenters. The predicted octanol–water partition coefficient (Wildman–Crippen LogP) is 4.45. The fourth-order valence-corrected chi connectivity index (χ4v) is 5.05. The van der Waals surface area contributed by atoms with Gasteiger partial charge in [-0.1, -0.05) is 54.6 Å². The second-order valence-electron chi connectivity index (χ2n) is 7.92. The number of ether oxygens (including phenoxy) is 1. The second-order valence-corrected chi connectivity index (χ2v) is 9.85. The number of pyridine rings is 1. The van der Waals surface area contributed by atoms with Gasteiger partial charge >= 0.3 is 0 Å². The van der Waals surface area contributed by atoms with Crippen LogP contribution in [0.2, 0.25) is 0 Å². The SMILES string of the molecule is O=S(=O)(c1cccc(Oc2ccccc2)c1)N(Cc1ccc(-c2nn[nH]n2)cc1)Cc1ccccn1. The summed E-state index contributed by atoms with van der Waals surface area (Å²) in [6.45, 7) is 0.259. The maximum absolute atomic E-state index is 13.8. The molecule has 2 aromatic heterocycles. The third kappa shape index (κ3) is 5.45. The molecule has 0 unspecified atom stereocenters. The zero-order valence-electron chi connectivity index (χ0n) is 19.1. The molecular formula is C26H22N6O3S. The highest BCUT2D eigenvalue weighted by atomic mass is 32.2. The summed E-state index contributed by atoms with van der Waals surface area (Å²) >= 11 is 0. The first-order chi connectivity index (χ1) is 17.6. The fraction of sp³-hybridized carbons (Fsp3) is 0.0769. The zero-order chi connectivity index (χ0) is 24.8. The normalized spacial score (nSPS) is 11.5. The van der Waals surface area contributed by atoms with Gasteiger partial charge in [-0.15, -0.1) is 10.2 Å². The smallest absolute Gasteiger partial charge is 0.243 e. The van der Waals surface area contributed by atoms with Gasteiger partial charge in [0.2, 0.25) is 15.8 Å². The molecule has 5 aromatic rings. The number of nitrogens with one attached hydrogen (secondary N) is 1. The van der Waals surface area contributed by atoms with Gasteiger partial charge in [-0.05, 0) is 47.2 Å². The molecule has 0 spiro atoms. The lowest BCUT2D eigenvalue weighted by Crippen LogP contribution is -2.30. The molecule has 180 valence electrons. The van der Waals surface area contributed by atoms with Crippen LogP contribution in [0.3, 0.4) is 0 Å². The molecule has 3 aromatic carbocycles. The van der Waals surface area contributed by atoms with Gasteiger partial charge in [0.25, 0.3) is 0 Å². The van der Waals surface area contributed by atoms with E-state index < -0.39 is 10.0 Å². The van der Waals surface area contributed by atoms with Gasteiger partial charge in [-0.25, -0.2) is 8.42 Å². The van der Waals surface area contributed by atoms with Crippen LogP contribution >= 0.6 is 0 Å². The first-order valence-electron chi connectivity index (χ1n) is 11.1. The lowest BCUT2D eigenvalue weighted by molar-refractivity contribution is 0.396. The minimum Gasteiger partial charge on any atom is -0.457 e. The molecule has 0 radical (unpaired) electrons. The van der Waals surface area contributed by atoms with E-state index in [0.29, 0.717) is 23.0 Å². The van der Waals surface area contributed by atoms with E-state index in [0.717, 1.165) is 11.1 Å². The van der Waals surface area contributed by atoms with Crippen LogP contribution < -0.4 is 4.74 Å². The average molecular weight is 499 g/mol.